The van der Waals surface area contributed by atoms with Crippen LogP contribution in [0.5, 0.6) is 11.5 Å². The molecule has 10 atom stereocenters. The van der Waals surface area contributed by atoms with Gasteiger partial charge in [0.15, 0.2) is 17.8 Å². The highest BCUT2D eigenvalue weighted by Gasteiger charge is 2.84. The average molecular weight is 610 g/mol. The quantitative estimate of drug-likeness (QED) is 0.309. The number of carbonyl (C=O) groups is 2. The fourth-order valence-electron chi connectivity index (χ4n) is 10.7. The number of carboxylic acid groups (broad SMARTS) is 1. The van der Waals surface area contributed by atoms with Crippen LogP contribution in [-0.4, -0.2) is 74.4 Å². The lowest BCUT2D eigenvalue weighted by Crippen LogP contribution is -2.63. The fraction of sp³-hybridized carbons (Fsp3) is 0.714. The van der Waals surface area contributed by atoms with Crippen LogP contribution in [0.25, 0.3) is 0 Å². The first kappa shape index (κ1) is 30.2. The number of carbonyl (C=O) groups excluding carboxylic acids is 1. The molecule has 2 heterocycles. The molecular weight excluding hydrogens is 562 g/mol. The van der Waals surface area contributed by atoms with Crippen molar-refractivity contribution < 1.29 is 38.4 Å². The van der Waals surface area contributed by atoms with E-state index in [1.54, 1.807) is 7.11 Å². The molecule has 0 spiro atoms. The molecule has 4 unspecified atom stereocenters. The van der Waals surface area contributed by atoms with Crippen molar-refractivity contribution in [1.82, 2.24) is 4.90 Å². The Morgan fingerprint density at radius 3 is 2.68 bits per heavy atom. The SMILES string of the molecule is CO[C@H]1CN(Cc2ccc3c(c2)OCO3)C[C@H](OCC23C[C@@H]4[C@H](C)CC[C@H]4C4(C=O)CC2C=C(C(C)C)C34C(=O)O)O[C@@H]1C. The number of rotatable bonds is 9. The van der Waals surface area contributed by atoms with Crippen molar-refractivity contribution in [3.05, 3.63) is 35.4 Å². The molecule has 6 aliphatic rings. The number of aliphatic carboxylic acids is 1. The van der Waals surface area contributed by atoms with Crippen LogP contribution < -0.4 is 9.47 Å². The number of allylic oxidation sites excluding steroid dienone is 1. The zero-order valence-corrected chi connectivity index (χ0v) is 26.6. The van der Waals surface area contributed by atoms with Gasteiger partial charge in [0.1, 0.15) is 11.7 Å². The Labute approximate surface area is 260 Å². The molecule has 4 fully saturated rings. The van der Waals surface area contributed by atoms with Crippen molar-refractivity contribution in [2.45, 2.75) is 78.4 Å². The number of hydrogen-bond donors (Lipinski definition) is 1. The van der Waals surface area contributed by atoms with Crippen LogP contribution in [0.1, 0.15) is 58.9 Å². The van der Waals surface area contributed by atoms with Crippen molar-refractivity contribution in [2.24, 2.45) is 45.8 Å². The molecule has 1 aromatic carbocycles. The fourth-order valence-corrected chi connectivity index (χ4v) is 10.7. The van der Waals surface area contributed by atoms with E-state index < -0.39 is 28.5 Å². The maximum atomic E-state index is 13.8. The van der Waals surface area contributed by atoms with E-state index in [1.165, 1.54) is 0 Å². The summed E-state index contributed by atoms with van der Waals surface area (Å²) in [6.07, 6.45) is 5.66. The third-order valence-corrected chi connectivity index (χ3v) is 12.5. The minimum absolute atomic E-state index is 0.0151. The third kappa shape index (κ3) is 4.04. The van der Waals surface area contributed by atoms with Gasteiger partial charge in [-0.1, -0.05) is 44.9 Å². The van der Waals surface area contributed by atoms with Crippen molar-refractivity contribution in [2.75, 3.05) is 33.6 Å². The van der Waals surface area contributed by atoms with Crippen LogP contribution in [0.2, 0.25) is 0 Å². The second-order valence-electron chi connectivity index (χ2n) is 14.7. The predicted octanol–water partition coefficient (Wildman–Crippen LogP) is 4.92. The zero-order chi connectivity index (χ0) is 31.0. The molecule has 2 aliphatic heterocycles. The first-order valence-electron chi connectivity index (χ1n) is 16.4. The van der Waals surface area contributed by atoms with Crippen LogP contribution in [0.15, 0.2) is 29.8 Å². The van der Waals surface area contributed by atoms with Crippen LogP contribution in [-0.2, 0) is 30.3 Å². The zero-order valence-electron chi connectivity index (χ0n) is 26.6. The lowest BCUT2D eigenvalue weighted by atomic mass is 9.43. The Morgan fingerprint density at radius 2 is 1.95 bits per heavy atom. The van der Waals surface area contributed by atoms with E-state index in [4.69, 9.17) is 23.7 Å². The van der Waals surface area contributed by atoms with Gasteiger partial charge in [0, 0.05) is 32.2 Å². The highest BCUT2D eigenvalue weighted by molar-refractivity contribution is 5.90. The smallest absolute Gasteiger partial charge is 0.315 e. The van der Waals surface area contributed by atoms with Gasteiger partial charge in [-0.2, -0.15) is 0 Å². The monoisotopic (exact) mass is 609 g/mol. The lowest BCUT2D eigenvalue weighted by Gasteiger charge is -2.58. The summed E-state index contributed by atoms with van der Waals surface area (Å²) in [5, 5.41) is 11.3. The van der Waals surface area contributed by atoms with Crippen molar-refractivity contribution in [1.29, 1.82) is 0 Å². The Morgan fingerprint density at radius 1 is 1.16 bits per heavy atom. The van der Waals surface area contributed by atoms with E-state index in [0.29, 0.717) is 37.9 Å². The molecule has 4 aliphatic carbocycles. The van der Waals surface area contributed by atoms with E-state index in [-0.39, 0.29) is 43.4 Å². The van der Waals surface area contributed by atoms with E-state index >= 15 is 0 Å². The second-order valence-corrected chi connectivity index (χ2v) is 14.7. The van der Waals surface area contributed by atoms with Gasteiger partial charge >= 0.3 is 5.97 Å². The van der Waals surface area contributed by atoms with E-state index in [2.05, 4.69) is 31.7 Å². The van der Waals surface area contributed by atoms with Crippen molar-refractivity contribution in [3.8, 4) is 11.5 Å². The number of benzene rings is 1. The molecule has 0 radical (unpaired) electrons. The first-order chi connectivity index (χ1) is 21.1. The summed E-state index contributed by atoms with van der Waals surface area (Å²) in [5.41, 5.74) is -0.845. The van der Waals surface area contributed by atoms with Gasteiger partial charge in [0.2, 0.25) is 6.79 Å². The number of aldehydes is 1. The number of carboxylic acids is 1. The topological polar surface area (TPSA) is 104 Å². The summed E-state index contributed by atoms with van der Waals surface area (Å²) in [4.78, 5) is 29.4. The van der Waals surface area contributed by atoms with Crippen molar-refractivity contribution >= 4 is 12.3 Å². The highest BCUT2D eigenvalue weighted by Crippen LogP contribution is 2.82. The molecular formula is C35H47NO8. The normalized spacial score (nSPS) is 42.3. The standard InChI is InChI=1S/C35H47NO8/c1-20(2)27-11-24-12-33(17-37)26-8-6-21(3)25(26)13-34(24,35(27,33)32(38)39)18-41-31-16-36(15-30(40-5)22(4)44-31)14-23-7-9-28-29(10-23)43-19-42-28/h7,9-11,17,20-22,24-26,30-31H,6,8,12-16,18-19H2,1-5H3,(H,38,39)/t21-,22-,24?,25-,26-,30+,31-,33?,34?,35?/m1/s1. The molecule has 0 amide bonds. The molecule has 9 nitrogen and oxygen atoms in total. The molecule has 7 rings (SSSR count). The third-order valence-electron chi connectivity index (χ3n) is 12.5. The van der Waals surface area contributed by atoms with Gasteiger partial charge in [-0.05, 0) is 73.5 Å². The lowest BCUT2D eigenvalue weighted by molar-refractivity contribution is -0.220. The summed E-state index contributed by atoms with van der Waals surface area (Å²) in [5.74, 6) is 1.52. The average Bonchev–Trinajstić information content (AvgIpc) is 3.70. The second kappa shape index (κ2) is 10.8. The van der Waals surface area contributed by atoms with Gasteiger partial charge in [0.05, 0.1) is 24.2 Å². The van der Waals surface area contributed by atoms with E-state index in [0.717, 1.165) is 48.2 Å². The van der Waals surface area contributed by atoms with Gasteiger partial charge in [-0.25, -0.2) is 0 Å². The van der Waals surface area contributed by atoms with Gasteiger partial charge in [-0.15, -0.1) is 0 Å². The van der Waals surface area contributed by atoms with E-state index in [9.17, 15) is 14.7 Å². The summed E-state index contributed by atoms with van der Waals surface area (Å²) < 4.78 is 30.3. The van der Waals surface area contributed by atoms with Gasteiger partial charge < -0.3 is 33.6 Å². The van der Waals surface area contributed by atoms with Crippen molar-refractivity contribution in [3.63, 3.8) is 0 Å². The van der Waals surface area contributed by atoms with Crippen LogP contribution in [0.4, 0.5) is 0 Å². The Balaban J connectivity index is 1.20. The number of hydrogen-bond acceptors (Lipinski definition) is 8. The number of nitrogens with zero attached hydrogens (tertiary/aromatic N) is 1. The van der Waals surface area contributed by atoms with Gasteiger partial charge in [-0.3, -0.25) is 9.69 Å². The molecule has 1 saturated heterocycles. The maximum absolute atomic E-state index is 13.8. The highest BCUT2D eigenvalue weighted by atomic mass is 16.7. The summed E-state index contributed by atoms with van der Waals surface area (Å²) >= 11 is 0. The first-order valence-corrected chi connectivity index (χ1v) is 16.4. The Kier molecular flexibility index (Phi) is 7.43. The number of fused-ring (bicyclic) bond motifs is 3. The molecule has 44 heavy (non-hydrogen) atoms. The van der Waals surface area contributed by atoms with E-state index in [1.807, 2.05) is 25.1 Å². The Bertz CT molecular complexity index is 1350. The van der Waals surface area contributed by atoms with Gasteiger partial charge in [0.25, 0.3) is 0 Å². The van der Waals surface area contributed by atoms with Crippen LogP contribution in [0, 0.1) is 45.8 Å². The number of methoxy groups -OCH3 is 1. The van der Waals surface area contributed by atoms with Crippen LogP contribution in [0.3, 0.4) is 0 Å². The molecule has 3 saturated carbocycles. The molecule has 1 aromatic rings. The Hall–Kier alpha value is -2.46. The minimum atomic E-state index is -1.26. The molecule has 4 bridgehead atoms. The molecule has 240 valence electrons. The number of ether oxygens (including phenoxy) is 5. The summed E-state index contributed by atoms with van der Waals surface area (Å²) in [6.45, 7) is 10.7. The molecule has 9 heteroatoms. The minimum Gasteiger partial charge on any atom is -0.481 e. The van der Waals surface area contributed by atoms with Crippen LogP contribution >= 0.6 is 0 Å². The molecule has 1 N–H and O–H groups in total. The summed E-state index contributed by atoms with van der Waals surface area (Å²) in [7, 11) is 1.70. The summed E-state index contributed by atoms with van der Waals surface area (Å²) in [6, 6.07) is 6.00. The maximum Gasteiger partial charge on any atom is 0.315 e. The molecule has 0 aromatic heterocycles. The largest absolute Gasteiger partial charge is 0.481 e. The predicted molar refractivity (Wildman–Crippen MR) is 161 cm³/mol.